The van der Waals surface area contributed by atoms with Crippen LogP contribution in [-0.2, 0) is 10.2 Å². The first-order valence-corrected chi connectivity index (χ1v) is 3.88. The summed E-state index contributed by atoms with van der Waals surface area (Å²) >= 11 is 0. The van der Waals surface area contributed by atoms with Gasteiger partial charge in [-0.1, -0.05) is 3.89 Å². The number of rotatable bonds is 1. The summed E-state index contributed by atoms with van der Waals surface area (Å²) in [6.07, 6.45) is 1.17. The third-order valence-corrected chi connectivity index (χ3v) is 1.64. The predicted octanol–water partition coefficient (Wildman–Crippen LogP) is 1.25. The lowest BCUT2D eigenvalue weighted by Gasteiger charge is -1.81. The highest BCUT2D eigenvalue weighted by Gasteiger charge is 2.15. The molecule has 0 atom stereocenters. The van der Waals surface area contributed by atoms with E-state index in [2.05, 4.69) is 4.42 Å². The highest BCUT2D eigenvalue weighted by atomic mass is 32.3. The van der Waals surface area contributed by atoms with Gasteiger partial charge in [-0.3, -0.25) is 0 Å². The average molecular weight is 164 g/mol. The van der Waals surface area contributed by atoms with E-state index in [-0.39, 0.29) is 0 Å². The maximum atomic E-state index is 12.0. The van der Waals surface area contributed by atoms with Crippen molar-refractivity contribution in [1.29, 1.82) is 0 Å². The molecule has 0 radical (unpaired) electrons. The lowest BCUT2D eigenvalue weighted by Crippen LogP contribution is -1.86. The van der Waals surface area contributed by atoms with Gasteiger partial charge in [-0.25, -0.2) is 0 Å². The summed E-state index contributed by atoms with van der Waals surface area (Å²) in [5.41, 5.74) is 0.580. The molecule has 0 saturated carbocycles. The summed E-state index contributed by atoms with van der Waals surface area (Å²) in [6.45, 7) is 1.61. The molecule has 0 spiro atoms. The van der Waals surface area contributed by atoms with Crippen molar-refractivity contribution in [2.24, 2.45) is 0 Å². The minimum atomic E-state index is -4.65. The molecule has 1 aromatic heterocycles. The van der Waals surface area contributed by atoms with Crippen LogP contribution in [-0.4, -0.2) is 8.42 Å². The van der Waals surface area contributed by atoms with Crippen molar-refractivity contribution in [3.05, 3.63) is 17.9 Å². The van der Waals surface area contributed by atoms with E-state index >= 15 is 0 Å². The molecule has 0 unspecified atom stereocenters. The summed E-state index contributed by atoms with van der Waals surface area (Å²) < 4.78 is 36.6. The van der Waals surface area contributed by atoms with Crippen molar-refractivity contribution in [2.45, 2.75) is 12.0 Å². The molecule has 0 bridgehead atoms. The quantitative estimate of drug-likeness (QED) is 0.587. The number of hydrogen-bond donors (Lipinski definition) is 0. The molecule has 0 aliphatic carbocycles. The molecule has 10 heavy (non-hydrogen) atoms. The molecule has 0 aliphatic heterocycles. The molecule has 1 rings (SSSR count). The van der Waals surface area contributed by atoms with E-state index in [9.17, 15) is 12.3 Å². The minimum absolute atomic E-state index is 0.580. The van der Waals surface area contributed by atoms with E-state index in [0.717, 1.165) is 6.07 Å². The maximum Gasteiger partial charge on any atom is 0.365 e. The largest absolute Gasteiger partial charge is 0.450 e. The molecule has 5 heteroatoms. The number of halogens is 1. The fourth-order valence-electron chi connectivity index (χ4n) is 0.533. The molecule has 1 heterocycles. The molecule has 56 valence electrons. The minimum Gasteiger partial charge on any atom is -0.450 e. The van der Waals surface area contributed by atoms with Gasteiger partial charge in [0.05, 0.1) is 6.26 Å². The van der Waals surface area contributed by atoms with Crippen LogP contribution in [0, 0.1) is 6.92 Å². The van der Waals surface area contributed by atoms with Gasteiger partial charge in [-0.05, 0) is 12.5 Å². The summed E-state index contributed by atoms with van der Waals surface area (Å²) in [7, 11) is -4.65. The number of hydrogen-bond acceptors (Lipinski definition) is 3. The molecule has 0 fully saturated rings. The normalized spacial score (nSPS) is 11.8. The second-order valence-electron chi connectivity index (χ2n) is 1.88. The zero-order valence-corrected chi connectivity index (χ0v) is 5.98. The summed E-state index contributed by atoms with van der Waals surface area (Å²) in [6, 6.07) is 1.12. The fraction of sp³-hybridized carbons (Fsp3) is 0.200. The van der Waals surface area contributed by atoms with Crippen molar-refractivity contribution >= 4 is 10.2 Å². The van der Waals surface area contributed by atoms with Crippen LogP contribution in [0.1, 0.15) is 5.56 Å². The van der Waals surface area contributed by atoms with Gasteiger partial charge < -0.3 is 4.42 Å². The standard InChI is InChI=1S/C5H5FO3S/c1-4-2-5(9-3-4)10(6,7)8/h2-3H,1H3. The van der Waals surface area contributed by atoms with E-state index in [4.69, 9.17) is 0 Å². The van der Waals surface area contributed by atoms with E-state index < -0.39 is 15.3 Å². The SMILES string of the molecule is Cc1coc(S(=O)(=O)F)c1. The van der Waals surface area contributed by atoms with Crippen LogP contribution in [0.25, 0.3) is 0 Å². The topological polar surface area (TPSA) is 47.3 Å². The van der Waals surface area contributed by atoms with E-state index in [1.165, 1.54) is 6.26 Å². The van der Waals surface area contributed by atoms with Gasteiger partial charge in [0, 0.05) is 6.07 Å². The Kier molecular flexibility index (Phi) is 1.52. The Morgan fingerprint density at radius 2 is 2.20 bits per heavy atom. The van der Waals surface area contributed by atoms with Gasteiger partial charge in [0.2, 0.25) is 5.09 Å². The summed E-state index contributed by atoms with van der Waals surface area (Å²) in [5.74, 6) is 0. The first-order valence-electron chi connectivity index (χ1n) is 2.50. The van der Waals surface area contributed by atoms with E-state index in [1.807, 2.05) is 0 Å². The van der Waals surface area contributed by atoms with Crippen LogP contribution in [0.15, 0.2) is 21.8 Å². The van der Waals surface area contributed by atoms with Crippen LogP contribution >= 0.6 is 0 Å². The van der Waals surface area contributed by atoms with Gasteiger partial charge in [-0.15, -0.1) is 0 Å². The zero-order valence-electron chi connectivity index (χ0n) is 5.17. The monoisotopic (exact) mass is 164 g/mol. The molecule has 0 N–H and O–H groups in total. The third-order valence-electron chi connectivity index (χ3n) is 0.947. The lowest BCUT2D eigenvalue weighted by molar-refractivity contribution is 0.434. The number of aryl methyl sites for hydroxylation is 1. The van der Waals surface area contributed by atoms with Gasteiger partial charge in [0.15, 0.2) is 0 Å². The Morgan fingerprint density at radius 3 is 2.40 bits per heavy atom. The summed E-state index contributed by atoms with van der Waals surface area (Å²) in [5, 5.41) is -0.634. The van der Waals surface area contributed by atoms with Crippen LogP contribution in [0.3, 0.4) is 0 Å². The van der Waals surface area contributed by atoms with Gasteiger partial charge >= 0.3 is 10.2 Å². The molecule has 3 nitrogen and oxygen atoms in total. The smallest absolute Gasteiger partial charge is 0.365 e. The maximum absolute atomic E-state index is 12.0. The van der Waals surface area contributed by atoms with E-state index in [1.54, 1.807) is 6.92 Å². The van der Waals surface area contributed by atoms with Crippen molar-refractivity contribution in [2.75, 3.05) is 0 Å². The Bertz CT molecular complexity index is 324. The van der Waals surface area contributed by atoms with Crippen molar-refractivity contribution in [3.63, 3.8) is 0 Å². The van der Waals surface area contributed by atoms with Crippen LogP contribution in [0.2, 0.25) is 0 Å². The van der Waals surface area contributed by atoms with Crippen LogP contribution in [0.5, 0.6) is 0 Å². The van der Waals surface area contributed by atoms with Gasteiger partial charge in [-0.2, -0.15) is 8.42 Å². The Morgan fingerprint density at radius 1 is 1.60 bits per heavy atom. The predicted molar refractivity (Wildman–Crippen MR) is 31.7 cm³/mol. The Balaban J connectivity index is 3.21. The van der Waals surface area contributed by atoms with Crippen molar-refractivity contribution in [1.82, 2.24) is 0 Å². The fourth-order valence-corrected chi connectivity index (χ4v) is 1.02. The second-order valence-corrected chi connectivity index (χ2v) is 3.16. The molecule has 0 amide bonds. The first kappa shape index (κ1) is 7.27. The van der Waals surface area contributed by atoms with Gasteiger partial charge in [0.25, 0.3) is 0 Å². The van der Waals surface area contributed by atoms with Crippen LogP contribution in [0.4, 0.5) is 3.89 Å². The molecule has 1 aromatic rings. The van der Waals surface area contributed by atoms with Crippen molar-refractivity contribution < 1.29 is 16.7 Å². The highest BCUT2D eigenvalue weighted by molar-refractivity contribution is 7.86. The lowest BCUT2D eigenvalue weighted by atomic mass is 10.4. The Hall–Kier alpha value is -0.840. The number of furan rings is 1. The van der Waals surface area contributed by atoms with Crippen molar-refractivity contribution in [3.8, 4) is 0 Å². The molecular formula is C5H5FO3S. The summed E-state index contributed by atoms with van der Waals surface area (Å²) in [4.78, 5) is 0. The van der Waals surface area contributed by atoms with Gasteiger partial charge in [0.1, 0.15) is 0 Å². The highest BCUT2D eigenvalue weighted by Crippen LogP contribution is 2.14. The van der Waals surface area contributed by atoms with Crippen LogP contribution < -0.4 is 0 Å². The molecule has 0 saturated heterocycles. The molecule has 0 aliphatic rings. The third kappa shape index (κ3) is 1.36. The average Bonchev–Trinajstić information content (AvgIpc) is 2.11. The first-order chi connectivity index (χ1) is 4.50. The zero-order chi connectivity index (χ0) is 7.78. The van der Waals surface area contributed by atoms with E-state index in [0.29, 0.717) is 5.56 Å². The molecular weight excluding hydrogens is 159 g/mol. The molecule has 0 aromatic carbocycles. The second kappa shape index (κ2) is 2.09. The Labute approximate surface area is 57.7 Å².